The Bertz CT molecular complexity index is 829. The molecule has 0 fully saturated rings. The van der Waals surface area contributed by atoms with Gasteiger partial charge >= 0.3 is 6.09 Å². The van der Waals surface area contributed by atoms with Gasteiger partial charge in [-0.25, -0.2) is 4.79 Å². The van der Waals surface area contributed by atoms with Crippen LogP contribution in [0.2, 0.25) is 0 Å². The first-order valence-corrected chi connectivity index (χ1v) is 7.70. The Morgan fingerprint density at radius 3 is 2.91 bits per heavy atom. The number of nitrogens with one attached hydrogen (secondary N) is 1. The Morgan fingerprint density at radius 2 is 2.14 bits per heavy atom. The molecule has 2 aromatic heterocycles. The van der Waals surface area contributed by atoms with Crippen LogP contribution in [0.5, 0.6) is 5.88 Å². The number of fused-ring (bicyclic) bond motifs is 1. The highest BCUT2D eigenvalue weighted by Gasteiger charge is 2.18. The summed E-state index contributed by atoms with van der Waals surface area (Å²) >= 11 is 1.52. The second-order valence-corrected chi connectivity index (χ2v) is 5.72. The minimum absolute atomic E-state index is 0.331. The van der Waals surface area contributed by atoms with Crippen LogP contribution in [-0.2, 0) is 6.42 Å². The fourth-order valence-electron chi connectivity index (χ4n) is 2.25. The second-order valence-electron chi connectivity index (χ2n) is 4.67. The number of hydrogen-bond donors (Lipinski definition) is 2. The van der Waals surface area contributed by atoms with E-state index in [1.54, 1.807) is 6.20 Å². The first-order valence-electron chi connectivity index (χ1n) is 6.88. The summed E-state index contributed by atoms with van der Waals surface area (Å²) in [4.78, 5) is 20.4. The van der Waals surface area contributed by atoms with Crippen LogP contribution in [0, 0.1) is 0 Å². The number of nitrogens with two attached hydrogens (primary N) is 1. The number of aromatic amines is 1. The maximum atomic E-state index is 11.1. The van der Waals surface area contributed by atoms with E-state index >= 15 is 0 Å². The lowest BCUT2D eigenvalue weighted by atomic mass is 10.2. The van der Waals surface area contributed by atoms with E-state index in [1.165, 1.54) is 17.3 Å². The topological polar surface area (TPSA) is 81.0 Å². The zero-order valence-electron chi connectivity index (χ0n) is 12.0. The lowest BCUT2D eigenvalue weighted by Crippen LogP contribution is -2.16. The van der Waals surface area contributed by atoms with E-state index < -0.39 is 6.09 Å². The SMILES string of the molecule is CCc1ccccc1Sc1c(OC(N)=O)[nH]c2cccnc12. The predicted molar refractivity (Wildman–Crippen MR) is 86.2 cm³/mol. The highest BCUT2D eigenvalue weighted by Crippen LogP contribution is 2.41. The molecule has 3 rings (SSSR count). The zero-order valence-corrected chi connectivity index (χ0v) is 12.8. The molecule has 0 saturated carbocycles. The number of amides is 1. The van der Waals surface area contributed by atoms with Gasteiger partial charge in [0.15, 0.2) is 0 Å². The summed E-state index contributed by atoms with van der Waals surface area (Å²) in [5.41, 5.74) is 7.94. The molecule has 3 N–H and O–H groups in total. The van der Waals surface area contributed by atoms with Gasteiger partial charge in [-0.15, -0.1) is 0 Å². The summed E-state index contributed by atoms with van der Waals surface area (Å²) in [5.74, 6) is 0.331. The van der Waals surface area contributed by atoms with E-state index in [2.05, 4.69) is 23.0 Å². The molecule has 0 saturated heterocycles. The van der Waals surface area contributed by atoms with Crippen molar-refractivity contribution in [1.82, 2.24) is 9.97 Å². The number of pyridine rings is 1. The van der Waals surface area contributed by atoms with E-state index in [4.69, 9.17) is 10.5 Å². The number of nitrogens with zero attached hydrogens (tertiary/aromatic N) is 1. The van der Waals surface area contributed by atoms with E-state index in [9.17, 15) is 4.79 Å². The summed E-state index contributed by atoms with van der Waals surface area (Å²) in [6.45, 7) is 2.10. The van der Waals surface area contributed by atoms with Gasteiger partial charge < -0.3 is 15.5 Å². The van der Waals surface area contributed by atoms with Gasteiger partial charge in [-0.2, -0.15) is 0 Å². The Kier molecular flexibility index (Phi) is 4.02. The highest BCUT2D eigenvalue weighted by atomic mass is 32.2. The average Bonchev–Trinajstić information content (AvgIpc) is 2.85. The Morgan fingerprint density at radius 1 is 1.32 bits per heavy atom. The predicted octanol–water partition coefficient (Wildman–Crippen LogP) is 3.73. The molecule has 1 aromatic carbocycles. The van der Waals surface area contributed by atoms with Crippen molar-refractivity contribution in [3.05, 3.63) is 48.2 Å². The Balaban J connectivity index is 2.10. The number of H-pyrrole nitrogens is 1. The van der Waals surface area contributed by atoms with E-state index in [0.717, 1.165) is 27.2 Å². The molecule has 1 amide bonds. The van der Waals surface area contributed by atoms with Gasteiger partial charge in [0.1, 0.15) is 10.4 Å². The molecule has 22 heavy (non-hydrogen) atoms. The fourth-order valence-corrected chi connectivity index (χ4v) is 3.40. The van der Waals surface area contributed by atoms with Crippen molar-refractivity contribution < 1.29 is 9.53 Å². The van der Waals surface area contributed by atoms with Gasteiger partial charge in [-0.05, 0) is 30.2 Å². The first kappa shape index (κ1) is 14.5. The molecular weight excluding hydrogens is 298 g/mol. The number of benzene rings is 1. The van der Waals surface area contributed by atoms with Crippen molar-refractivity contribution >= 4 is 28.9 Å². The summed E-state index contributed by atoms with van der Waals surface area (Å²) < 4.78 is 5.10. The van der Waals surface area contributed by atoms with Gasteiger partial charge in [-0.3, -0.25) is 4.98 Å². The van der Waals surface area contributed by atoms with Crippen LogP contribution in [-0.4, -0.2) is 16.1 Å². The number of aromatic nitrogens is 2. The molecule has 0 aliphatic rings. The zero-order chi connectivity index (χ0) is 15.5. The molecule has 0 aliphatic heterocycles. The van der Waals surface area contributed by atoms with E-state index in [1.807, 2.05) is 30.3 Å². The molecule has 0 radical (unpaired) electrons. The smallest absolute Gasteiger partial charge is 0.392 e. The summed E-state index contributed by atoms with van der Waals surface area (Å²) in [5, 5.41) is 0. The number of carbonyl (C=O) groups excluding carboxylic acids is 1. The number of hydrogen-bond acceptors (Lipinski definition) is 4. The van der Waals surface area contributed by atoms with Crippen LogP contribution < -0.4 is 10.5 Å². The lowest BCUT2D eigenvalue weighted by molar-refractivity contribution is 0.208. The Hall–Kier alpha value is -2.47. The first-order chi connectivity index (χ1) is 10.7. The van der Waals surface area contributed by atoms with Crippen molar-refractivity contribution in [2.24, 2.45) is 5.73 Å². The largest absolute Gasteiger partial charge is 0.411 e. The molecule has 0 spiro atoms. The second kappa shape index (κ2) is 6.11. The van der Waals surface area contributed by atoms with Gasteiger partial charge in [-0.1, -0.05) is 36.9 Å². The molecule has 6 heteroatoms. The minimum Gasteiger partial charge on any atom is -0.392 e. The van der Waals surface area contributed by atoms with E-state index in [0.29, 0.717) is 5.88 Å². The fraction of sp³-hybridized carbons (Fsp3) is 0.125. The molecule has 0 aliphatic carbocycles. The third-order valence-corrected chi connectivity index (χ3v) is 4.45. The molecular formula is C16H15N3O2S. The molecule has 5 nitrogen and oxygen atoms in total. The standard InChI is InChI=1S/C16H15N3O2S/c1-2-10-6-3-4-8-12(10)22-14-13-11(7-5-9-18-13)19-15(14)21-16(17)20/h3-9,19H,2H2,1H3,(H2,17,20). The van der Waals surface area contributed by atoms with Crippen molar-refractivity contribution in [2.45, 2.75) is 23.1 Å². The van der Waals surface area contributed by atoms with Crippen molar-refractivity contribution in [1.29, 1.82) is 0 Å². The Labute approximate surface area is 131 Å². The number of carbonyl (C=O) groups is 1. The summed E-state index contributed by atoms with van der Waals surface area (Å²) in [6.07, 6.45) is 1.78. The summed E-state index contributed by atoms with van der Waals surface area (Å²) in [7, 11) is 0. The van der Waals surface area contributed by atoms with Crippen LogP contribution in [0.4, 0.5) is 4.79 Å². The lowest BCUT2D eigenvalue weighted by Gasteiger charge is -2.07. The van der Waals surface area contributed by atoms with Crippen LogP contribution in [0.3, 0.4) is 0 Å². The average molecular weight is 313 g/mol. The van der Waals surface area contributed by atoms with Crippen molar-refractivity contribution in [3.63, 3.8) is 0 Å². The molecule has 0 bridgehead atoms. The van der Waals surface area contributed by atoms with Crippen molar-refractivity contribution in [2.75, 3.05) is 0 Å². The number of aryl methyl sites for hydroxylation is 1. The van der Waals surface area contributed by atoms with E-state index in [-0.39, 0.29) is 0 Å². The van der Waals surface area contributed by atoms with Gasteiger partial charge in [0.05, 0.1) is 5.52 Å². The van der Waals surface area contributed by atoms with Crippen LogP contribution >= 0.6 is 11.8 Å². The molecule has 2 heterocycles. The normalized spacial score (nSPS) is 10.8. The molecule has 0 unspecified atom stereocenters. The highest BCUT2D eigenvalue weighted by molar-refractivity contribution is 7.99. The number of ether oxygens (including phenoxy) is 1. The minimum atomic E-state index is -0.850. The van der Waals surface area contributed by atoms with Gasteiger partial charge in [0.25, 0.3) is 0 Å². The third-order valence-electron chi connectivity index (χ3n) is 3.25. The summed E-state index contributed by atoms with van der Waals surface area (Å²) in [6, 6.07) is 11.8. The number of primary amides is 1. The van der Waals surface area contributed by atoms with Crippen LogP contribution in [0.25, 0.3) is 11.0 Å². The molecule has 3 aromatic rings. The molecule has 0 atom stereocenters. The maximum absolute atomic E-state index is 11.1. The maximum Gasteiger partial charge on any atom is 0.411 e. The third kappa shape index (κ3) is 2.78. The quantitative estimate of drug-likeness (QED) is 0.769. The monoisotopic (exact) mass is 313 g/mol. The number of rotatable bonds is 4. The van der Waals surface area contributed by atoms with Crippen molar-refractivity contribution in [3.8, 4) is 5.88 Å². The van der Waals surface area contributed by atoms with Crippen LogP contribution in [0.1, 0.15) is 12.5 Å². The molecule has 112 valence electrons. The van der Waals surface area contributed by atoms with Crippen LogP contribution in [0.15, 0.2) is 52.4 Å². The van der Waals surface area contributed by atoms with Gasteiger partial charge in [0.2, 0.25) is 5.88 Å². The van der Waals surface area contributed by atoms with Gasteiger partial charge in [0, 0.05) is 11.1 Å².